The van der Waals surface area contributed by atoms with Crippen LogP contribution in [0.2, 0.25) is 0 Å². The maximum atomic E-state index is 9.74. The smallest absolute Gasteiger partial charge is 0.104 e. The molecular formula is C12H25N3O2S. The van der Waals surface area contributed by atoms with Crippen LogP contribution in [0.1, 0.15) is 13.3 Å². The van der Waals surface area contributed by atoms with Gasteiger partial charge in [-0.3, -0.25) is 4.90 Å². The summed E-state index contributed by atoms with van der Waals surface area (Å²) in [6, 6.07) is 0.402. The number of aliphatic hydroxyl groups is 1. The number of hydrogen-bond acceptors (Lipinski definition) is 5. The second kappa shape index (κ2) is 7.35. The summed E-state index contributed by atoms with van der Waals surface area (Å²) in [5.74, 6) is 0. The zero-order chi connectivity index (χ0) is 13.7. The highest BCUT2D eigenvalue weighted by atomic mass is 32.1. The van der Waals surface area contributed by atoms with Crippen molar-refractivity contribution in [2.75, 3.05) is 40.3 Å². The Morgan fingerprint density at radius 3 is 2.83 bits per heavy atom. The van der Waals surface area contributed by atoms with Gasteiger partial charge in [0.15, 0.2) is 0 Å². The van der Waals surface area contributed by atoms with Gasteiger partial charge in [-0.1, -0.05) is 12.2 Å². The molecule has 0 bridgehead atoms. The van der Waals surface area contributed by atoms with E-state index >= 15 is 0 Å². The van der Waals surface area contributed by atoms with Crippen LogP contribution in [0.4, 0.5) is 0 Å². The number of β-amino-alcohol motifs (C(OH)–C–C–N with tert-alkyl or cyclic N) is 1. The fourth-order valence-electron chi connectivity index (χ4n) is 2.27. The maximum Gasteiger partial charge on any atom is 0.104 e. The summed E-state index contributed by atoms with van der Waals surface area (Å²) in [7, 11) is 4.10. The van der Waals surface area contributed by atoms with Crippen LogP contribution < -0.4 is 5.73 Å². The standard InChI is InChI=1S/C12H25N3O2S/c1-9(12(13)18)17-5-4-15-8-11(16)6-10(15)7-14(2)3/h9-11,16H,4-8H2,1-3H3,(H2,13,18). The predicted octanol–water partition coefficient (Wildman–Crippen LogP) is -0.326. The SMILES string of the molecule is CC(OCCN1CC(O)CC1CN(C)C)C(N)=S. The largest absolute Gasteiger partial charge is 0.392 e. The van der Waals surface area contributed by atoms with Crippen molar-refractivity contribution in [2.24, 2.45) is 5.73 Å². The average Bonchev–Trinajstić information content (AvgIpc) is 2.57. The lowest BCUT2D eigenvalue weighted by molar-refractivity contribution is 0.0747. The van der Waals surface area contributed by atoms with Crippen LogP contribution in [-0.2, 0) is 4.74 Å². The Morgan fingerprint density at radius 2 is 2.28 bits per heavy atom. The first kappa shape index (κ1) is 15.8. The number of likely N-dealkylation sites (N-methyl/N-ethyl adjacent to an activating group) is 1. The van der Waals surface area contributed by atoms with E-state index in [9.17, 15) is 5.11 Å². The molecule has 1 aliphatic heterocycles. The summed E-state index contributed by atoms with van der Waals surface area (Å²) < 4.78 is 5.55. The van der Waals surface area contributed by atoms with Crippen molar-refractivity contribution in [1.82, 2.24) is 9.80 Å². The lowest BCUT2D eigenvalue weighted by Crippen LogP contribution is -2.40. The molecule has 1 fully saturated rings. The van der Waals surface area contributed by atoms with Crippen molar-refractivity contribution in [3.05, 3.63) is 0 Å². The predicted molar refractivity (Wildman–Crippen MR) is 76.7 cm³/mol. The van der Waals surface area contributed by atoms with Crippen LogP contribution in [0.3, 0.4) is 0 Å². The first-order valence-corrected chi connectivity index (χ1v) is 6.78. The van der Waals surface area contributed by atoms with E-state index < -0.39 is 0 Å². The molecule has 0 aromatic carbocycles. The van der Waals surface area contributed by atoms with Crippen molar-refractivity contribution in [3.63, 3.8) is 0 Å². The van der Waals surface area contributed by atoms with E-state index in [-0.39, 0.29) is 12.2 Å². The zero-order valence-electron chi connectivity index (χ0n) is 11.5. The lowest BCUT2D eigenvalue weighted by atomic mass is 10.2. The van der Waals surface area contributed by atoms with Gasteiger partial charge in [-0.2, -0.15) is 0 Å². The summed E-state index contributed by atoms with van der Waals surface area (Å²) >= 11 is 4.86. The molecule has 6 heteroatoms. The highest BCUT2D eigenvalue weighted by molar-refractivity contribution is 7.80. The summed E-state index contributed by atoms with van der Waals surface area (Å²) in [5.41, 5.74) is 5.49. The van der Waals surface area contributed by atoms with Gasteiger partial charge in [-0.25, -0.2) is 0 Å². The van der Waals surface area contributed by atoms with Crippen molar-refractivity contribution in [1.29, 1.82) is 0 Å². The maximum absolute atomic E-state index is 9.74. The van der Waals surface area contributed by atoms with Gasteiger partial charge < -0.3 is 20.5 Å². The van der Waals surface area contributed by atoms with E-state index in [0.29, 0.717) is 17.6 Å². The third kappa shape index (κ3) is 5.16. The molecule has 0 amide bonds. The Kier molecular flexibility index (Phi) is 6.45. The van der Waals surface area contributed by atoms with Crippen LogP contribution >= 0.6 is 12.2 Å². The Balaban J connectivity index is 2.33. The minimum Gasteiger partial charge on any atom is -0.392 e. The van der Waals surface area contributed by atoms with Gasteiger partial charge in [0.1, 0.15) is 11.1 Å². The molecule has 1 heterocycles. The highest BCUT2D eigenvalue weighted by Crippen LogP contribution is 2.18. The van der Waals surface area contributed by atoms with E-state index in [1.807, 2.05) is 21.0 Å². The van der Waals surface area contributed by atoms with E-state index in [2.05, 4.69) is 9.80 Å². The minimum atomic E-state index is -0.219. The highest BCUT2D eigenvalue weighted by Gasteiger charge is 2.30. The molecule has 0 aromatic heterocycles. The third-order valence-corrected chi connectivity index (χ3v) is 3.56. The number of rotatable bonds is 7. The number of nitrogens with zero attached hydrogens (tertiary/aromatic N) is 2. The van der Waals surface area contributed by atoms with Crippen molar-refractivity contribution in [2.45, 2.75) is 31.6 Å². The molecule has 0 aliphatic carbocycles. The Morgan fingerprint density at radius 1 is 1.61 bits per heavy atom. The second-order valence-electron chi connectivity index (χ2n) is 5.22. The van der Waals surface area contributed by atoms with Gasteiger partial charge in [0, 0.05) is 25.7 Å². The topological polar surface area (TPSA) is 62.0 Å². The zero-order valence-corrected chi connectivity index (χ0v) is 12.3. The normalized spacial score (nSPS) is 26.7. The van der Waals surface area contributed by atoms with Crippen LogP contribution in [0.5, 0.6) is 0 Å². The number of thiocarbonyl (C=S) groups is 1. The molecule has 18 heavy (non-hydrogen) atoms. The molecule has 5 nitrogen and oxygen atoms in total. The van der Waals surface area contributed by atoms with Gasteiger partial charge in [0.05, 0.1) is 12.7 Å². The molecule has 1 aliphatic rings. The second-order valence-corrected chi connectivity index (χ2v) is 5.69. The van der Waals surface area contributed by atoms with Crippen molar-refractivity contribution < 1.29 is 9.84 Å². The molecule has 0 saturated carbocycles. The van der Waals surface area contributed by atoms with E-state index in [4.69, 9.17) is 22.7 Å². The van der Waals surface area contributed by atoms with Crippen molar-refractivity contribution in [3.8, 4) is 0 Å². The molecule has 1 saturated heterocycles. The van der Waals surface area contributed by atoms with Crippen LogP contribution in [0.25, 0.3) is 0 Å². The Labute approximate surface area is 115 Å². The molecule has 3 atom stereocenters. The number of likely N-dealkylation sites (tertiary alicyclic amines) is 1. The van der Waals surface area contributed by atoms with E-state index in [0.717, 1.165) is 26.1 Å². The summed E-state index contributed by atoms with van der Waals surface area (Å²) in [5, 5.41) is 9.74. The molecule has 106 valence electrons. The third-order valence-electron chi connectivity index (χ3n) is 3.23. The molecule has 0 aromatic rings. The van der Waals surface area contributed by atoms with Gasteiger partial charge >= 0.3 is 0 Å². The van der Waals surface area contributed by atoms with Crippen LogP contribution in [0.15, 0.2) is 0 Å². The van der Waals surface area contributed by atoms with Gasteiger partial charge in [0.25, 0.3) is 0 Å². The Hall–Kier alpha value is -0.270. The molecule has 1 rings (SSSR count). The fourth-order valence-corrected chi connectivity index (χ4v) is 2.34. The quantitative estimate of drug-likeness (QED) is 0.621. The summed E-state index contributed by atoms with van der Waals surface area (Å²) in [4.78, 5) is 4.81. The van der Waals surface area contributed by atoms with Gasteiger partial charge in [0.2, 0.25) is 0 Å². The summed E-state index contributed by atoms with van der Waals surface area (Å²) in [6.45, 7) is 4.95. The van der Waals surface area contributed by atoms with E-state index in [1.54, 1.807) is 0 Å². The fraction of sp³-hybridized carbons (Fsp3) is 0.917. The first-order chi connectivity index (χ1) is 8.40. The number of hydrogen-bond donors (Lipinski definition) is 2. The number of ether oxygens (including phenoxy) is 1. The molecule has 0 spiro atoms. The average molecular weight is 275 g/mol. The number of aliphatic hydroxyl groups excluding tert-OH is 1. The molecule has 3 N–H and O–H groups in total. The monoisotopic (exact) mass is 275 g/mol. The minimum absolute atomic E-state index is 0.181. The van der Waals surface area contributed by atoms with Crippen molar-refractivity contribution >= 4 is 17.2 Å². The Bertz CT molecular complexity index is 276. The lowest BCUT2D eigenvalue weighted by Gasteiger charge is -2.26. The van der Waals surface area contributed by atoms with Gasteiger partial charge in [-0.05, 0) is 27.4 Å². The first-order valence-electron chi connectivity index (χ1n) is 6.38. The summed E-state index contributed by atoms with van der Waals surface area (Å²) in [6.07, 6.45) is 0.436. The number of nitrogens with two attached hydrogens (primary N) is 1. The van der Waals surface area contributed by atoms with Gasteiger partial charge in [-0.15, -0.1) is 0 Å². The van der Waals surface area contributed by atoms with Crippen LogP contribution in [0, 0.1) is 0 Å². The van der Waals surface area contributed by atoms with Crippen LogP contribution in [-0.4, -0.2) is 78.5 Å². The molecular weight excluding hydrogens is 250 g/mol. The van der Waals surface area contributed by atoms with E-state index in [1.165, 1.54) is 0 Å². The molecule has 0 radical (unpaired) electrons. The molecule has 3 unspecified atom stereocenters.